The zero-order valence-electron chi connectivity index (χ0n) is 23.7. The van der Waals surface area contributed by atoms with Gasteiger partial charge in [-0.1, -0.05) is 32.0 Å². The number of esters is 4. The van der Waals surface area contributed by atoms with Crippen LogP contribution in [0.25, 0.3) is 0 Å². The van der Waals surface area contributed by atoms with Gasteiger partial charge in [0.05, 0.1) is 32.3 Å². The van der Waals surface area contributed by atoms with Crippen LogP contribution in [0.5, 0.6) is 0 Å². The molecule has 1 fully saturated rings. The standard InChI is InChI=1S/C14H17NO4.C11H17NO6S.C2H6/c1-15(12-6-4-3-5-7-12)10-11-19-14(17)9-8-13(16)18-2;1-17-10(13)2-3-11(14)18-7-4-12-5-8-19(15,16)9-6-12;1-2/h3-9H,10-11H2,1-2H3;2-3H,4-9H2,1H3;1-2H3/b9-8+;3-2+;. The van der Waals surface area contributed by atoms with Crippen molar-refractivity contribution in [1.29, 1.82) is 0 Å². The molecule has 0 atom stereocenters. The molecular weight excluding hydrogens is 544 g/mol. The lowest BCUT2D eigenvalue weighted by Crippen LogP contribution is -2.41. The maximum absolute atomic E-state index is 11.2. The quantitative estimate of drug-likeness (QED) is 0.211. The number of ether oxygens (including phenoxy) is 4. The molecule has 0 bridgehead atoms. The first kappa shape index (κ1) is 36.3. The van der Waals surface area contributed by atoms with Crippen LogP contribution in [0.2, 0.25) is 0 Å². The molecule has 0 radical (unpaired) electrons. The Morgan fingerprint density at radius 3 is 1.73 bits per heavy atom. The number of carbonyl (C=O) groups is 4. The summed E-state index contributed by atoms with van der Waals surface area (Å²) in [5.41, 5.74) is 1.05. The van der Waals surface area contributed by atoms with Crippen LogP contribution in [0.4, 0.5) is 5.69 Å². The van der Waals surface area contributed by atoms with Crippen LogP contribution >= 0.6 is 0 Å². The number of anilines is 1. The fourth-order valence-electron chi connectivity index (χ4n) is 2.85. The molecule has 1 heterocycles. The fourth-order valence-corrected chi connectivity index (χ4v) is 4.13. The van der Waals surface area contributed by atoms with E-state index in [1.165, 1.54) is 14.2 Å². The summed E-state index contributed by atoms with van der Waals surface area (Å²) in [4.78, 5) is 47.8. The predicted molar refractivity (Wildman–Crippen MR) is 150 cm³/mol. The van der Waals surface area contributed by atoms with Crippen molar-refractivity contribution in [3.63, 3.8) is 0 Å². The first-order chi connectivity index (χ1) is 19.1. The summed E-state index contributed by atoms with van der Waals surface area (Å²) < 4.78 is 40.9. The van der Waals surface area contributed by atoms with Crippen molar-refractivity contribution in [2.75, 3.05) is 77.1 Å². The zero-order chi connectivity index (χ0) is 30.4. The summed E-state index contributed by atoms with van der Waals surface area (Å²) in [7, 11) is 1.47. The molecule has 0 N–H and O–H groups in total. The van der Waals surface area contributed by atoms with Gasteiger partial charge in [-0.2, -0.15) is 0 Å². The van der Waals surface area contributed by atoms with Gasteiger partial charge in [-0.25, -0.2) is 27.6 Å². The molecule has 0 amide bonds. The molecular formula is C27H40N2O10S. The second-order valence-electron chi connectivity index (χ2n) is 7.80. The Balaban J connectivity index is 0.000000716. The van der Waals surface area contributed by atoms with Crippen LogP contribution in [-0.2, 0) is 48.0 Å². The summed E-state index contributed by atoms with van der Waals surface area (Å²) in [6, 6.07) is 9.76. The summed E-state index contributed by atoms with van der Waals surface area (Å²) in [5, 5.41) is 0. The predicted octanol–water partition coefficient (Wildman–Crippen LogP) is 1.41. The van der Waals surface area contributed by atoms with Gasteiger partial charge in [0.2, 0.25) is 0 Å². The van der Waals surface area contributed by atoms with Crippen LogP contribution in [0.15, 0.2) is 54.6 Å². The highest BCUT2D eigenvalue weighted by Crippen LogP contribution is 2.10. The van der Waals surface area contributed by atoms with Gasteiger partial charge >= 0.3 is 23.9 Å². The zero-order valence-corrected chi connectivity index (χ0v) is 24.6. The fraction of sp³-hybridized carbons (Fsp3) is 0.481. The number of methoxy groups -OCH3 is 2. The molecule has 1 aliphatic heterocycles. The Bertz CT molecular complexity index is 1060. The van der Waals surface area contributed by atoms with E-state index in [9.17, 15) is 27.6 Å². The number of sulfone groups is 1. The SMILES string of the molecule is CC.COC(=O)/C=C/C(=O)OCCN(C)c1ccccc1.COC(=O)/C=C/C(=O)OCCN1CCS(=O)(=O)CC1. The number of likely N-dealkylation sites (N-methyl/N-ethyl adjacent to an activating group) is 1. The van der Waals surface area contributed by atoms with E-state index in [0.717, 1.165) is 30.0 Å². The third-order valence-electron chi connectivity index (χ3n) is 5.07. The summed E-state index contributed by atoms with van der Waals surface area (Å²) in [6.07, 6.45) is 4.06. The van der Waals surface area contributed by atoms with Gasteiger partial charge in [0, 0.05) is 56.7 Å². The number of benzene rings is 1. The molecule has 13 heteroatoms. The van der Waals surface area contributed by atoms with Crippen molar-refractivity contribution >= 4 is 39.4 Å². The van der Waals surface area contributed by atoms with Crippen molar-refractivity contribution in [3.8, 4) is 0 Å². The lowest BCUT2D eigenvalue weighted by Gasteiger charge is -2.25. The van der Waals surface area contributed by atoms with Crippen molar-refractivity contribution < 1.29 is 46.5 Å². The normalized spacial score (nSPS) is 14.1. The van der Waals surface area contributed by atoms with E-state index in [1.54, 1.807) is 0 Å². The first-order valence-electron chi connectivity index (χ1n) is 12.6. The van der Waals surface area contributed by atoms with Crippen LogP contribution in [0, 0.1) is 0 Å². The third-order valence-corrected chi connectivity index (χ3v) is 6.68. The van der Waals surface area contributed by atoms with Crippen LogP contribution in [0.1, 0.15) is 13.8 Å². The van der Waals surface area contributed by atoms with Crippen LogP contribution < -0.4 is 4.90 Å². The van der Waals surface area contributed by atoms with Crippen LogP contribution in [-0.4, -0.2) is 109 Å². The molecule has 0 spiro atoms. The monoisotopic (exact) mass is 584 g/mol. The largest absolute Gasteiger partial charge is 0.466 e. The van der Waals surface area contributed by atoms with Crippen molar-refractivity contribution in [1.82, 2.24) is 4.90 Å². The Hall–Kier alpha value is -3.71. The first-order valence-corrected chi connectivity index (χ1v) is 14.4. The van der Waals surface area contributed by atoms with E-state index in [0.29, 0.717) is 26.2 Å². The number of hydrogen-bond donors (Lipinski definition) is 0. The highest BCUT2D eigenvalue weighted by molar-refractivity contribution is 7.91. The van der Waals surface area contributed by atoms with Crippen molar-refractivity contribution in [2.45, 2.75) is 13.8 Å². The van der Waals surface area contributed by atoms with Gasteiger partial charge in [-0.05, 0) is 12.1 Å². The van der Waals surface area contributed by atoms with E-state index in [2.05, 4.69) is 9.47 Å². The van der Waals surface area contributed by atoms with Gasteiger partial charge in [0.1, 0.15) is 13.2 Å². The number of nitrogens with zero attached hydrogens (tertiary/aromatic N) is 2. The lowest BCUT2D eigenvalue weighted by molar-refractivity contribution is -0.139. The van der Waals surface area contributed by atoms with E-state index in [4.69, 9.17) is 9.47 Å². The molecule has 0 aromatic heterocycles. The topological polar surface area (TPSA) is 146 Å². The number of rotatable bonds is 11. The summed E-state index contributed by atoms with van der Waals surface area (Å²) >= 11 is 0. The smallest absolute Gasteiger partial charge is 0.331 e. The van der Waals surface area contributed by atoms with E-state index >= 15 is 0 Å². The van der Waals surface area contributed by atoms with Gasteiger partial charge in [0.25, 0.3) is 0 Å². The van der Waals surface area contributed by atoms with Crippen LogP contribution in [0.3, 0.4) is 0 Å². The number of carbonyl (C=O) groups excluding carboxylic acids is 4. The number of hydrogen-bond acceptors (Lipinski definition) is 12. The Morgan fingerprint density at radius 1 is 0.800 bits per heavy atom. The van der Waals surface area contributed by atoms with Crippen molar-refractivity contribution in [3.05, 3.63) is 54.6 Å². The number of para-hydroxylation sites is 1. The van der Waals surface area contributed by atoms with Gasteiger partial charge < -0.3 is 23.8 Å². The van der Waals surface area contributed by atoms with Crippen molar-refractivity contribution in [2.24, 2.45) is 0 Å². The third kappa shape index (κ3) is 17.7. The maximum Gasteiger partial charge on any atom is 0.331 e. The molecule has 1 aliphatic rings. The van der Waals surface area contributed by atoms with Gasteiger partial charge in [-0.3, -0.25) is 4.90 Å². The van der Waals surface area contributed by atoms with E-state index < -0.39 is 33.7 Å². The molecule has 1 aromatic rings. The van der Waals surface area contributed by atoms with E-state index in [-0.39, 0.29) is 24.7 Å². The Labute approximate surface area is 236 Å². The second kappa shape index (κ2) is 21.2. The molecule has 2 rings (SSSR count). The molecule has 12 nitrogen and oxygen atoms in total. The highest BCUT2D eigenvalue weighted by Gasteiger charge is 2.21. The van der Waals surface area contributed by atoms with E-state index in [1.807, 2.05) is 61.0 Å². The van der Waals surface area contributed by atoms with Gasteiger partial charge in [0.15, 0.2) is 9.84 Å². The Morgan fingerprint density at radius 2 is 1.25 bits per heavy atom. The second-order valence-corrected chi connectivity index (χ2v) is 10.1. The molecule has 0 saturated carbocycles. The molecule has 0 aliphatic carbocycles. The summed E-state index contributed by atoms with van der Waals surface area (Å²) in [6.45, 7) is 6.37. The minimum Gasteiger partial charge on any atom is -0.466 e. The minimum absolute atomic E-state index is 0.142. The molecule has 1 saturated heterocycles. The highest BCUT2D eigenvalue weighted by atomic mass is 32.2. The molecule has 1 aromatic carbocycles. The Kier molecular flexibility index (Phi) is 19.2. The summed E-state index contributed by atoms with van der Waals surface area (Å²) in [5.74, 6) is -2.12. The average Bonchev–Trinajstić information content (AvgIpc) is 2.97. The lowest BCUT2D eigenvalue weighted by atomic mass is 10.3. The molecule has 40 heavy (non-hydrogen) atoms. The van der Waals surface area contributed by atoms with Gasteiger partial charge in [-0.15, -0.1) is 0 Å². The molecule has 224 valence electrons. The molecule has 0 unspecified atom stereocenters. The average molecular weight is 585 g/mol. The minimum atomic E-state index is -2.89. The maximum atomic E-state index is 11.2.